The Balaban J connectivity index is 1.92. The van der Waals surface area contributed by atoms with Gasteiger partial charge in [0.15, 0.2) is 4.96 Å². The number of amides is 1. The molecular formula is C13H17N3O3S. The Labute approximate surface area is 120 Å². The van der Waals surface area contributed by atoms with Gasteiger partial charge in [0.25, 0.3) is 0 Å². The number of imidazole rings is 1. The molecule has 2 N–H and O–H groups in total. The minimum absolute atomic E-state index is 0.125. The van der Waals surface area contributed by atoms with Gasteiger partial charge in [-0.1, -0.05) is 6.92 Å². The fourth-order valence-corrected chi connectivity index (χ4v) is 2.45. The maximum atomic E-state index is 11.8. The van der Waals surface area contributed by atoms with Crippen LogP contribution in [0.3, 0.4) is 0 Å². The highest BCUT2D eigenvalue weighted by Gasteiger charge is 2.31. The molecule has 7 heteroatoms. The highest BCUT2D eigenvalue weighted by molar-refractivity contribution is 7.15. The van der Waals surface area contributed by atoms with Crippen LogP contribution in [-0.4, -0.2) is 32.9 Å². The number of carboxylic acids is 1. The first-order valence-electron chi connectivity index (χ1n) is 6.36. The second-order valence-electron chi connectivity index (χ2n) is 5.00. The van der Waals surface area contributed by atoms with E-state index in [1.807, 2.05) is 22.2 Å². The van der Waals surface area contributed by atoms with Gasteiger partial charge < -0.3 is 10.4 Å². The number of aliphatic carboxylic acids is 1. The zero-order chi connectivity index (χ0) is 14.8. The van der Waals surface area contributed by atoms with E-state index >= 15 is 0 Å². The molecule has 0 radical (unpaired) electrons. The van der Waals surface area contributed by atoms with Gasteiger partial charge in [0.1, 0.15) is 0 Å². The van der Waals surface area contributed by atoms with Crippen molar-refractivity contribution < 1.29 is 14.7 Å². The number of carbonyl (C=O) groups is 2. The number of aromatic nitrogens is 2. The van der Waals surface area contributed by atoms with Crippen molar-refractivity contribution in [3.8, 4) is 0 Å². The highest BCUT2D eigenvalue weighted by atomic mass is 32.1. The van der Waals surface area contributed by atoms with Crippen molar-refractivity contribution in [2.45, 2.75) is 26.7 Å². The molecule has 0 aliphatic carbocycles. The molecule has 108 valence electrons. The van der Waals surface area contributed by atoms with E-state index in [-0.39, 0.29) is 18.9 Å². The maximum Gasteiger partial charge on any atom is 0.311 e. The van der Waals surface area contributed by atoms with Gasteiger partial charge in [-0.3, -0.25) is 14.0 Å². The second kappa shape index (κ2) is 5.62. The molecule has 0 fully saturated rings. The third-order valence-corrected chi connectivity index (χ3v) is 4.23. The molecule has 0 aliphatic rings. The lowest BCUT2D eigenvalue weighted by atomic mass is 9.88. The number of carboxylic acid groups (broad SMARTS) is 1. The predicted molar refractivity (Wildman–Crippen MR) is 75.8 cm³/mol. The minimum atomic E-state index is -0.926. The smallest absolute Gasteiger partial charge is 0.311 e. The van der Waals surface area contributed by atoms with Crippen molar-refractivity contribution in [1.29, 1.82) is 0 Å². The summed E-state index contributed by atoms with van der Waals surface area (Å²) in [4.78, 5) is 28.1. The molecule has 2 rings (SSSR count). The van der Waals surface area contributed by atoms with Crippen molar-refractivity contribution in [2.75, 3.05) is 6.54 Å². The van der Waals surface area contributed by atoms with Gasteiger partial charge >= 0.3 is 5.97 Å². The number of nitrogens with one attached hydrogen (secondary N) is 1. The van der Waals surface area contributed by atoms with Crippen molar-refractivity contribution in [1.82, 2.24) is 14.7 Å². The Morgan fingerprint density at radius 1 is 1.55 bits per heavy atom. The summed E-state index contributed by atoms with van der Waals surface area (Å²) in [5, 5.41) is 13.7. The van der Waals surface area contributed by atoms with Crippen molar-refractivity contribution >= 4 is 28.2 Å². The molecule has 1 atom stereocenters. The van der Waals surface area contributed by atoms with Crippen molar-refractivity contribution in [3.63, 3.8) is 0 Å². The Morgan fingerprint density at radius 2 is 2.30 bits per heavy atom. The lowest BCUT2D eigenvalue weighted by Gasteiger charge is -2.23. The molecule has 6 nitrogen and oxygen atoms in total. The van der Waals surface area contributed by atoms with E-state index in [1.165, 1.54) is 11.3 Å². The van der Waals surface area contributed by atoms with Gasteiger partial charge in [-0.15, -0.1) is 11.3 Å². The average Bonchev–Trinajstić information content (AvgIpc) is 2.96. The summed E-state index contributed by atoms with van der Waals surface area (Å²) in [6, 6.07) is 0. The molecule has 2 aromatic heterocycles. The monoisotopic (exact) mass is 295 g/mol. The largest absolute Gasteiger partial charge is 0.481 e. The zero-order valence-corrected chi connectivity index (χ0v) is 12.2. The summed E-state index contributed by atoms with van der Waals surface area (Å²) >= 11 is 1.50. The molecule has 0 saturated heterocycles. The van der Waals surface area contributed by atoms with Crippen LogP contribution in [0.1, 0.15) is 26.0 Å². The summed E-state index contributed by atoms with van der Waals surface area (Å²) in [5.41, 5.74) is -0.243. The normalized spacial score (nSPS) is 14.1. The van der Waals surface area contributed by atoms with Crippen LogP contribution in [0.2, 0.25) is 0 Å². The number of thiazole rings is 1. The minimum Gasteiger partial charge on any atom is -0.481 e. The molecule has 1 amide bonds. The summed E-state index contributed by atoms with van der Waals surface area (Å²) < 4.78 is 1.86. The average molecular weight is 295 g/mol. The SMILES string of the molecule is CCC(C)(CNC(=O)Cc1cn2ccsc2n1)C(=O)O. The Morgan fingerprint density at radius 3 is 2.90 bits per heavy atom. The number of hydrogen-bond donors (Lipinski definition) is 2. The van der Waals surface area contributed by atoms with Gasteiger partial charge in [0, 0.05) is 24.3 Å². The molecular weight excluding hydrogens is 278 g/mol. The van der Waals surface area contributed by atoms with E-state index in [2.05, 4.69) is 10.3 Å². The quantitative estimate of drug-likeness (QED) is 0.847. The Hall–Kier alpha value is -1.89. The Kier molecular flexibility index (Phi) is 4.08. The Bertz CT molecular complexity index is 605. The fraction of sp³-hybridized carbons (Fsp3) is 0.462. The van der Waals surface area contributed by atoms with Gasteiger partial charge in [-0.25, -0.2) is 4.98 Å². The van der Waals surface area contributed by atoms with Crippen LogP contribution in [0.4, 0.5) is 0 Å². The van der Waals surface area contributed by atoms with Crippen molar-refractivity contribution in [3.05, 3.63) is 23.5 Å². The number of carbonyl (C=O) groups excluding carboxylic acids is 1. The van der Waals surface area contributed by atoms with Crippen molar-refractivity contribution in [2.24, 2.45) is 5.41 Å². The number of rotatable bonds is 6. The first-order valence-corrected chi connectivity index (χ1v) is 7.24. The van der Waals surface area contributed by atoms with E-state index in [1.54, 1.807) is 13.8 Å². The standard InChI is InChI=1S/C13H17N3O3S/c1-3-13(2,11(18)19)8-14-10(17)6-9-7-16-4-5-20-12(16)15-9/h4-5,7H,3,6,8H2,1-2H3,(H,14,17)(H,18,19). The molecule has 0 aromatic carbocycles. The van der Waals surface area contributed by atoms with Gasteiger partial charge in [0.2, 0.25) is 5.91 Å². The first kappa shape index (κ1) is 14.5. The summed E-state index contributed by atoms with van der Waals surface area (Å²) in [7, 11) is 0. The molecule has 0 saturated carbocycles. The van der Waals surface area contributed by atoms with Crippen LogP contribution in [0.5, 0.6) is 0 Å². The van der Waals surface area contributed by atoms with Crippen LogP contribution >= 0.6 is 11.3 Å². The van der Waals surface area contributed by atoms with Crippen LogP contribution in [0, 0.1) is 5.41 Å². The van der Waals surface area contributed by atoms with Crippen LogP contribution < -0.4 is 5.32 Å². The second-order valence-corrected chi connectivity index (χ2v) is 5.87. The number of hydrogen-bond acceptors (Lipinski definition) is 4. The summed E-state index contributed by atoms with van der Waals surface area (Å²) in [6.07, 6.45) is 4.31. The number of nitrogens with zero attached hydrogens (tertiary/aromatic N) is 2. The third-order valence-electron chi connectivity index (χ3n) is 3.46. The van der Waals surface area contributed by atoms with E-state index in [9.17, 15) is 9.59 Å². The molecule has 0 spiro atoms. The predicted octanol–water partition coefficient (Wildman–Crippen LogP) is 1.56. The highest BCUT2D eigenvalue weighted by Crippen LogP contribution is 2.20. The lowest BCUT2D eigenvalue weighted by Crippen LogP contribution is -2.41. The van der Waals surface area contributed by atoms with E-state index in [4.69, 9.17) is 5.11 Å². The molecule has 2 aromatic rings. The lowest BCUT2D eigenvalue weighted by molar-refractivity contribution is -0.148. The van der Waals surface area contributed by atoms with E-state index in [0.717, 1.165) is 4.96 Å². The number of fused-ring (bicyclic) bond motifs is 1. The van der Waals surface area contributed by atoms with Crippen LogP contribution in [0.15, 0.2) is 17.8 Å². The maximum absolute atomic E-state index is 11.8. The first-order chi connectivity index (χ1) is 9.44. The fourth-order valence-electron chi connectivity index (χ4n) is 1.73. The zero-order valence-electron chi connectivity index (χ0n) is 11.4. The molecule has 0 aliphatic heterocycles. The molecule has 20 heavy (non-hydrogen) atoms. The summed E-state index contributed by atoms with van der Waals surface area (Å²) in [6.45, 7) is 3.55. The molecule has 2 heterocycles. The van der Waals surface area contributed by atoms with Gasteiger partial charge in [-0.05, 0) is 13.3 Å². The molecule has 0 bridgehead atoms. The van der Waals surface area contributed by atoms with Crippen LogP contribution in [0.25, 0.3) is 4.96 Å². The molecule has 1 unspecified atom stereocenters. The summed E-state index contributed by atoms with van der Waals surface area (Å²) in [5.74, 6) is -1.11. The topological polar surface area (TPSA) is 83.7 Å². The van der Waals surface area contributed by atoms with Gasteiger partial charge in [0.05, 0.1) is 17.5 Å². The van der Waals surface area contributed by atoms with Crippen LogP contribution in [-0.2, 0) is 16.0 Å². The third kappa shape index (κ3) is 2.98. The van der Waals surface area contributed by atoms with E-state index < -0.39 is 11.4 Å². The van der Waals surface area contributed by atoms with E-state index in [0.29, 0.717) is 12.1 Å². The van der Waals surface area contributed by atoms with Gasteiger partial charge in [-0.2, -0.15) is 0 Å².